The van der Waals surface area contributed by atoms with Crippen LogP contribution in [0.25, 0.3) is 0 Å². The highest BCUT2D eigenvalue weighted by molar-refractivity contribution is 5.80. The van der Waals surface area contributed by atoms with Crippen LogP contribution >= 0.6 is 0 Å². The van der Waals surface area contributed by atoms with Crippen LogP contribution in [0.4, 0.5) is 4.79 Å². The van der Waals surface area contributed by atoms with Gasteiger partial charge in [-0.3, -0.25) is 4.79 Å². The zero-order valence-corrected chi connectivity index (χ0v) is 13.0. The molecular weight excluding hydrogens is 256 g/mol. The number of amides is 2. The van der Waals surface area contributed by atoms with E-state index in [2.05, 4.69) is 13.8 Å². The van der Waals surface area contributed by atoms with Crippen LogP contribution in [0.1, 0.15) is 52.9 Å². The minimum atomic E-state index is -0.926. The first-order chi connectivity index (χ1) is 9.49. The molecule has 5 heteroatoms. The molecule has 116 valence electrons. The van der Waals surface area contributed by atoms with Crippen molar-refractivity contribution in [2.75, 3.05) is 19.6 Å². The first-order valence-corrected chi connectivity index (χ1v) is 7.76. The van der Waals surface area contributed by atoms with Gasteiger partial charge in [0.1, 0.15) is 6.54 Å². The zero-order valence-electron chi connectivity index (χ0n) is 13.0. The van der Waals surface area contributed by atoms with Crippen molar-refractivity contribution in [1.29, 1.82) is 0 Å². The van der Waals surface area contributed by atoms with Gasteiger partial charge < -0.3 is 14.9 Å². The Labute approximate surface area is 121 Å². The molecule has 0 aromatic rings. The van der Waals surface area contributed by atoms with Crippen LogP contribution in [0.15, 0.2) is 0 Å². The van der Waals surface area contributed by atoms with E-state index < -0.39 is 5.97 Å². The number of carboxylic acid groups (broad SMARTS) is 1. The second kappa shape index (κ2) is 8.12. The molecule has 2 amide bonds. The van der Waals surface area contributed by atoms with E-state index >= 15 is 0 Å². The maximum atomic E-state index is 12.6. The fraction of sp³-hybridized carbons (Fsp3) is 0.867. The summed E-state index contributed by atoms with van der Waals surface area (Å²) in [5.41, 5.74) is 0. The Bertz CT molecular complexity index is 327. The van der Waals surface area contributed by atoms with E-state index in [4.69, 9.17) is 5.11 Å². The smallest absolute Gasteiger partial charge is 0.323 e. The maximum absolute atomic E-state index is 12.6. The average molecular weight is 284 g/mol. The van der Waals surface area contributed by atoms with Gasteiger partial charge in [-0.15, -0.1) is 0 Å². The molecule has 1 fully saturated rings. The van der Waals surface area contributed by atoms with Crippen LogP contribution in [0.5, 0.6) is 0 Å². The van der Waals surface area contributed by atoms with Crippen LogP contribution in [0, 0.1) is 5.92 Å². The largest absolute Gasteiger partial charge is 0.480 e. The molecule has 0 aliphatic heterocycles. The number of carbonyl (C=O) groups excluding carboxylic acids is 1. The third-order valence-corrected chi connectivity index (χ3v) is 4.20. The number of rotatable bonds is 7. The number of aliphatic carboxylic acids is 1. The molecule has 0 aromatic heterocycles. The quantitative estimate of drug-likeness (QED) is 0.782. The van der Waals surface area contributed by atoms with Crippen molar-refractivity contribution in [3.05, 3.63) is 0 Å². The van der Waals surface area contributed by atoms with Crippen molar-refractivity contribution < 1.29 is 14.7 Å². The molecule has 1 N–H and O–H groups in total. The Hall–Kier alpha value is -1.26. The lowest BCUT2D eigenvalue weighted by molar-refractivity contribution is -0.138. The standard InChI is InChI=1S/C15H28N2O3/c1-4-12(3)10-16(5-2)15(20)17(11-14(18)19)13-8-6-7-9-13/h12-13H,4-11H2,1-3H3,(H,18,19). The Balaban J connectivity index is 2.75. The highest BCUT2D eigenvalue weighted by Crippen LogP contribution is 2.24. The van der Waals surface area contributed by atoms with Crippen molar-refractivity contribution in [2.24, 2.45) is 5.92 Å². The predicted molar refractivity (Wildman–Crippen MR) is 78.7 cm³/mol. The zero-order chi connectivity index (χ0) is 15.1. The molecule has 0 saturated heterocycles. The van der Waals surface area contributed by atoms with Gasteiger partial charge in [-0.05, 0) is 25.7 Å². The first-order valence-electron chi connectivity index (χ1n) is 7.76. The topological polar surface area (TPSA) is 60.9 Å². The number of hydrogen-bond donors (Lipinski definition) is 1. The van der Waals surface area contributed by atoms with E-state index in [1.54, 1.807) is 9.80 Å². The van der Waals surface area contributed by atoms with Crippen molar-refractivity contribution >= 4 is 12.0 Å². The Morgan fingerprint density at radius 1 is 1.25 bits per heavy atom. The molecule has 5 nitrogen and oxygen atoms in total. The van der Waals surface area contributed by atoms with E-state index in [9.17, 15) is 9.59 Å². The first kappa shape index (κ1) is 16.8. The molecule has 1 unspecified atom stereocenters. The van der Waals surface area contributed by atoms with Crippen molar-refractivity contribution in [3.63, 3.8) is 0 Å². The fourth-order valence-corrected chi connectivity index (χ4v) is 2.74. The highest BCUT2D eigenvalue weighted by Gasteiger charge is 2.31. The van der Waals surface area contributed by atoms with E-state index in [0.29, 0.717) is 19.0 Å². The van der Waals surface area contributed by atoms with Crippen LogP contribution in [-0.4, -0.2) is 52.6 Å². The monoisotopic (exact) mass is 284 g/mol. The van der Waals surface area contributed by atoms with Gasteiger partial charge in [-0.25, -0.2) is 4.79 Å². The van der Waals surface area contributed by atoms with Crippen LogP contribution in [0.2, 0.25) is 0 Å². The lowest BCUT2D eigenvalue weighted by Crippen LogP contribution is -2.50. The van der Waals surface area contributed by atoms with Gasteiger partial charge in [0.15, 0.2) is 0 Å². The second-order valence-corrected chi connectivity index (χ2v) is 5.79. The van der Waals surface area contributed by atoms with Crippen LogP contribution < -0.4 is 0 Å². The SMILES string of the molecule is CCC(C)CN(CC)C(=O)N(CC(=O)O)C1CCCC1. The number of carboxylic acids is 1. The Morgan fingerprint density at radius 3 is 2.30 bits per heavy atom. The number of hydrogen-bond acceptors (Lipinski definition) is 2. The third-order valence-electron chi connectivity index (χ3n) is 4.20. The van der Waals surface area contributed by atoms with Crippen molar-refractivity contribution in [3.8, 4) is 0 Å². The molecule has 0 bridgehead atoms. The highest BCUT2D eigenvalue weighted by atomic mass is 16.4. The van der Waals surface area contributed by atoms with Crippen LogP contribution in [-0.2, 0) is 4.79 Å². The molecule has 0 radical (unpaired) electrons. The van der Waals surface area contributed by atoms with E-state index in [1.807, 2.05) is 6.92 Å². The second-order valence-electron chi connectivity index (χ2n) is 5.79. The summed E-state index contributed by atoms with van der Waals surface area (Å²) < 4.78 is 0. The summed E-state index contributed by atoms with van der Waals surface area (Å²) >= 11 is 0. The number of carbonyl (C=O) groups is 2. The molecule has 1 saturated carbocycles. The summed E-state index contributed by atoms with van der Waals surface area (Å²) in [6.07, 6.45) is 5.06. The molecule has 0 aromatic carbocycles. The van der Waals surface area contributed by atoms with Gasteiger partial charge >= 0.3 is 12.0 Å². The van der Waals surface area contributed by atoms with Gasteiger partial charge in [0.25, 0.3) is 0 Å². The molecule has 0 heterocycles. The Kier molecular flexibility index (Phi) is 6.82. The molecule has 0 spiro atoms. The van der Waals surface area contributed by atoms with E-state index in [0.717, 1.165) is 32.1 Å². The van der Waals surface area contributed by atoms with Gasteiger partial charge in [0, 0.05) is 19.1 Å². The lowest BCUT2D eigenvalue weighted by atomic mass is 10.1. The summed E-state index contributed by atoms with van der Waals surface area (Å²) in [4.78, 5) is 27.0. The predicted octanol–water partition coefficient (Wildman–Crippen LogP) is 2.80. The van der Waals surface area contributed by atoms with Gasteiger partial charge in [-0.1, -0.05) is 33.1 Å². The molecule has 20 heavy (non-hydrogen) atoms. The van der Waals surface area contributed by atoms with E-state index in [-0.39, 0.29) is 18.6 Å². The Morgan fingerprint density at radius 2 is 1.85 bits per heavy atom. The molecule has 1 atom stereocenters. The third kappa shape index (κ3) is 4.69. The molecular formula is C15H28N2O3. The van der Waals surface area contributed by atoms with Crippen molar-refractivity contribution in [1.82, 2.24) is 9.80 Å². The summed E-state index contributed by atoms with van der Waals surface area (Å²) in [7, 11) is 0. The summed E-state index contributed by atoms with van der Waals surface area (Å²) in [6, 6.07) is -0.00770. The normalized spacial score (nSPS) is 16.9. The molecule has 1 aliphatic rings. The number of urea groups is 1. The van der Waals surface area contributed by atoms with Gasteiger partial charge in [0.2, 0.25) is 0 Å². The summed E-state index contributed by atoms with van der Waals surface area (Å²) in [5.74, 6) is -0.487. The van der Waals surface area contributed by atoms with Crippen LogP contribution in [0.3, 0.4) is 0 Å². The summed E-state index contributed by atoms with van der Waals surface area (Å²) in [6.45, 7) is 7.33. The van der Waals surface area contributed by atoms with Crippen molar-refractivity contribution in [2.45, 2.75) is 58.9 Å². The van der Waals surface area contributed by atoms with E-state index in [1.165, 1.54) is 0 Å². The molecule has 1 rings (SSSR count). The molecule has 1 aliphatic carbocycles. The number of nitrogens with zero attached hydrogens (tertiary/aromatic N) is 2. The minimum Gasteiger partial charge on any atom is -0.480 e. The van der Waals surface area contributed by atoms with Gasteiger partial charge in [0.05, 0.1) is 0 Å². The maximum Gasteiger partial charge on any atom is 0.323 e. The average Bonchev–Trinajstić information content (AvgIpc) is 2.94. The van der Waals surface area contributed by atoms with Gasteiger partial charge in [-0.2, -0.15) is 0 Å². The lowest BCUT2D eigenvalue weighted by Gasteiger charge is -2.34. The minimum absolute atomic E-state index is 0.101. The fourth-order valence-electron chi connectivity index (χ4n) is 2.74. The summed E-state index contributed by atoms with van der Waals surface area (Å²) in [5, 5.41) is 9.06.